The van der Waals surface area contributed by atoms with Gasteiger partial charge in [0.05, 0.1) is 6.61 Å². The maximum absolute atomic E-state index is 11.3. The SMILES string of the molecule is O=C(N[C@H](CO)C(=O)O)[C@@H]1CCCO1. The Hall–Kier alpha value is -1.14. The van der Waals surface area contributed by atoms with Crippen LogP contribution in [0.1, 0.15) is 12.8 Å². The smallest absolute Gasteiger partial charge is 0.328 e. The highest BCUT2D eigenvalue weighted by molar-refractivity contribution is 5.86. The number of rotatable bonds is 4. The van der Waals surface area contributed by atoms with Gasteiger partial charge in [-0.25, -0.2) is 4.79 Å². The van der Waals surface area contributed by atoms with Crippen molar-refractivity contribution in [3.63, 3.8) is 0 Å². The van der Waals surface area contributed by atoms with Gasteiger partial charge in [-0.1, -0.05) is 0 Å². The van der Waals surface area contributed by atoms with Gasteiger partial charge in [0.25, 0.3) is 0 Å². The molecule has 6 heteroatoms. The van der Waals surface area contributed by atoms with Gasteiger partial charge in [-0.05, 0) is 12.8 Å². The third-order valence-corrected chi connectivity index (χ3v) is 2.02. The second-order valence-electron chi connectivity index (χ2n) is 3.08. The first-order chi connectivity index (χ1) is 6.65. The van der Waals surface area contributed by atoms with E-state index in [1.54, 1.807) is 0 Å². The molecule has 2 atom stereocenters. The zero-order valence-electron chi connectivity index (χ0n) is 7.60. The van der Waals surface area contributed by atoms with E-state index in [-0.39, 0.29) is 0 Å². The maximum atomic E-state index is 11.3. The molecule has 6 nitrogen and oxygen atoms in total. The summed E-state index contributed by atoms with van der Waals surface area (Å²) in [6.45, 7) is -0.0945. The average Bonchev–Trinajstić information content (AvgIpc) is 2.65. The standard InChI is InChI=1S/C8H13NO5/c10-4-5(8(12)13)9-7(11)6-2-1-3-14-6/h5-6,10H,1-4H2,(H,9,11)(H,12,13)/t5-,6+/m1/s1. The molecule has 0 aromatic heterocycles. The van der Waals surface area contributed by atoms with Gasteiger partial charge in [0.1, 0.15) is 12.1 Å². The van der Waals surface area contributed by atoms with E-state index >= 15 is 0 Å². The predicted molar refractivity (Wildman–Crippen MR) is 45.6 cm³/mol. The third kappa shape index (κ3) is 2.68. The highest BCUT2D eigenvalue weighted by Gasteiger charge is 2.27. The Balaban J connectivity index is 2.41. The molecule has 0 aliphatic carbocycles. The van der Waals surface area contributed by atoms with Gasteiger partial charge in [-0.15, -0.1) is 0 Å². The molecule has 1 fully saturated rings. The molecule has 1 aliphatic rings. The highest BCUT2D eigenvalue weighted by Crippen LogP contribution is 2.11. The summed E-state index contributed by atoms with van der Waals surface area (Å²) in [5.74, 6) is -1.72. The van der Waals surface area contributed by atoms with Crippen molar-refractivity contribution < 1.29 is 24.5 Å². The number of aliphatic hydroxyl groups is 1. The molecule has 80 valence electrons. The monoisotopic (exact) mass is 203 g/mol. The first-order valence-electron chi connectivity index (χ1n) is 4.40. The summed E-state index contributed by atoms with van der Waals surface area (Å²) >= 11 is 0. The number of nitrogens with one attached hydrogen (secondary N) is 1. The van der Waals surface area contributed by atoms with E-state index in [1.807, 2.05) is 0 Å². The maximum Gasteiger partial charge on any atom is 0.328 e. The van der Waals surface area contributed by atoms with Gasteiger partial charge in [0, 0.05) is 6.61 Å². The fraction of sp³-hybridized carbons (Fsp3) is 0.750. The zero-order valence-corrected chi connectivity index (χ0v) is 7.60. The molecule has 1 amide bonds. The molecule has 1 rings (SSSR count). The summed E-state index contributed by atoms with van der Waals surface area (Å²) < 4.78 is 5.05. The Morgan fingerprint density at radius 2 is 2.29 bits per heavy atom. The van der Waals surface area contributed by atoms with Crippen LogP contribution in [0.2, 0.25) is 0 Å². The van der Waals surface area contributed by atoms with Gasteiger partial charge in [0.15, 0.2) is 0 Å². The first kappa shape index (κ1) is 10.9. The highest BCUT2D eigenvalue weighted by atomic mass is 16.5. The quantitative estimate of drug-likeness (QED) is 0.529. The van der Waals surface area contributed by atoms with Crippen LogP contribution in [0.25, 0.3) is 0 Å². The predicted octanol–water partition coefficient (Wildman–Crippen LogP) is -1.27. The molecular weight excluding hydrogens is 190 g/mol. The number of carbonyl (C=O) groups is 2. The fourth-order valence-electron chi connectivity index (χ4n) is 1.23. The van der Waals surface area contributed by atoms with Crippen LogP contribution in [0.3, 0.4) is 0 Å². The van der Waals surface area contributed by atoms with E-state index < -0.39 is 30.6 Å². The lowest BCUT2D eigenvalue weighted by Gasteiger charge is -2.14. The number of carboxylic acids is 1. The lowest BCUT2D eigenvalue weighted by Crippen LogP contribution is -2.47. The Morgan fingerprint density at radius 3 is 2.71 bits per heavy atom. The van der Waals surface area contributed by atoms with E-state index in [1.165, 1.54) is 0 Å². The first-order valence-corrected chi connectivity index (χ1v) is 4.40. The van der Waals surface area contributed by atoms with Gasteiger partial charge in [-0.2, -0.15) is 0 Å². The molecule has 3 N–H and O–H groups in total. The largest absolute Gasteiger partial charge is 0.480 e. The minimum atomic E-state index is -1.25. The molecule has 14 heavy (non-hydrogen) atoms. The van der Waals surface area contributed by atoms with Crippen molar-refractivity contribution in [2.24, 2.45) is 0 Å². The molecule has 0 bridgehead atoms. The van der Waals surface area contributed by atoms with Gasteiger partial charge < -0.3 is 20.3 Å². The zero-order chi connectivity index (χ0) is 10.6. The molecule has 1 saturated heterocycles. The van der Waals surface area contributed by atoms with Gasteiger partial charge >= 0.3 is 5.97 Å². The van der Waals surface area contributed by atoms with Gasteiger partial charge in [0.2, 0.25) is 5.91 Å². The Bertz CT molecular complexity index is 224. The third-order valence-electron chi connectivity index (χ3n) is 2.02. The molecule has 0 aromatic rings. The molecule has 0 aromatic carbocycles. The van der Waals surface area contributed by atoms with Gasteiger partial charge in [-0.3, -0.25) is 4.79 Å². The Kier molecular flexibility index (Phi) is 3.84. The topological polar surface area (TPSA) is 95.9 Å². The van der Waals surface area contributed by atoms with Crippen LogP contribution in [0.4, 0.5) is 0 Å². The lowest BCUT2D eigenvalue weighted by molar-refractivity contribution is -0.144. The van der Waals surface area contributed by atoms with E-state index in [0.29, 0.717) is 13.0 Å². The number of carbonyl (C=O) groups excluding carboxylic acids is 1. The number of aliphatic carboxylic acids is 1. The Labute approximate surface area is 80.9 Å². The van der Waals surface area contributed by atoms with Crippen LogP contribution in [0.5, 0.6) is 0 Å². The summed E-state index contributed by atoms with van der Waals surface area (Å²) in [5.41, 5.74) is 0. The number of ether oxygens (including phenoxy) is 1. The van der Waals surface area contributed by atoms with Crippen molar-refractivity contribution in [2.75, 3.05) is 13.2 Å². The van der Waals surface area contributed by atoms with Crippen LogP contribution in [0, 0.1) is 0 Å². The van der Waals surface area contributed by atoms with E-state index in [0.717, 1.165) is 6.42 Å². The van der Waals surface area contributed by atoms with E-state index in [9.17, 15) is 9.59 Å². The fourth-order valence-corrected chi connectivity index (χ4v) is 1.23. The minimum absolute atomic E-state index is 0.469. The number of hydrogen-bond donors (Lipinski definition) is 3. The second-order valence-corrected chi connectivity index (χ2v) is 3.08. The number of carboxylic acid groups (broad SMARTS) is 1. The molecule has 1 heterocycles. The number of amides is 1. The molecule has 0 radical (unpaired) electrons. The summed E-state index contributed by atoms with van der Waals surface area (Å²) in [5, 5.41) is 19.4. The van der Waals surface area contributed by atoms with Crippen molar-refractivity contribution >= 4 is 11.9 Å². The molecule has 0 spiro atoms. The van der Waals surface area contributed by atoms with Crippen LogP contribution < -0.4 is 5.32 Å². The van der Waals surface area contributed by atoms with E-state index in [2.05, 4.69) is 5.32 Å². The number of hydrogen-bond acceptors (Lipinski definition) is 4. The summed E-state index contributed by atoms with van der Waals surface area (Å²) in [7, 11) is 0. The van der Waals surface area contributed by atoms with Crippen LogP contribution >= 0.6 is 0 Å². The molecular formula is C8H13NO5. The molecule has 0 saturated carbocycles. The lowest BCUT2D eigenvalue weighted by atomic mass is 10.2. The number of aliphatic hydroxyl groups excluding tert-OH is 1. The van der Waals surface area contributed by atoms with Crippen molar-refractivity contribution in [1.82, 2.24) is 5.32 Å². The average molecular weight is 203 g/mol. The van der Waals surface area contributed by atoms with Crippen LogP contribution in [-0.2, 0) is 14.3 Å². The summed E-state index contributed by atoms with van der Waals surface area (Å²) in [6.07, 6.45) is 0.835. The van der Waals surface area contributed by atoms with E-state index in [4.69, 9.17) is 14.9 Å². The summed E-state index contributed by atoms with van der Waals surface area (Å²) in [6, 6.07) is -1.24. The van der Waals surface area contributed by atoms with Crippen molar-refractivity contribution in [3.05, 3.63) is 0 Å². The Morgan fingerprint density at radius 1 is 1.57 bits per heavy atom. The van der Waals surface area contributed by atoms with Crippen molar-refractivity contribution in [1.29, 1.82) is 0 Å². The second kappa shape index (κ2) is 4.92. The van der Waals surface area contributed by atoms with Crippen molar-refractivity contribution in [2.45, 2.75) is 25.0 Å². The minimum Gasteiger partial charge on any atom is -0.480 e. The van der Waals surface area contributed by atoms with Crippen molar-refractivity contribution in [3.8, 4) is 0 Å². The normalized spacial score (nSPS) is 23.1. The van der Waals surface area contributed by atoms with Crippen LogP contribution in [0.15, 0.2) is 0 Å². The van der Waals surface area contributed by atoms with Crippen LogP contribution in [-0.4, -0.2) is 47.4 Å². The summed E-state index contributed by atoms with van der Waals surface area (Å²) in [4.78, 5) is 21.8. The molecule has 1 aliphatic heterocycles. The molecule has 0 unspecified atom stereocenters.